The van der Waals surface area contributed by atoms with Crippen molar-refractivity contribution in [3.63, 3.8) is 0 Å². The third kappa shape index (κ3) is 1.89. The molecule has 0 bridgehead atoms. The summed E-state index contributed by atoms with van der Waals surface area (Å²) < 4.78 is 20.0. The fourth-order valence-corrected chi connectivity index (χ4v) is 5.02. The van der Waals surface area contributed by atoms with Gasteiger partial charge in [-0.2, -0.15) is 0 Å². The lowest BCUT2D eigenvalue weighted by atomic mass is 9.60. The number of benzene rings is 1. The van der Waals surface area contributed by atoms with Crippen molar-refractivity contribution in [2.75, 3.05) is 11.1 Å². The molecule has 0 amide bonds. The summed E-state index contributed by atoms with van der Waals surface area (Å²) >= 11 is 0. The van der Waals surface area contributed by atoms with Gasteiger partial charge in [0.05, 0.1) is 16.7 Å². The molecule has 1 fully saturated rings. The van der Waals surface area contributed by atoms with Gasteiger partial charge in [0.1, 0.15) is 11.6 Å². The molecule has 134 valence electrons. The van der Waals surface area contributed by atoms with E-state index in [-0.39, 0.29) is 11.6 Å². The number of fused-ring (bicyclic) bond motifs is 3. The molecule has 2 aliphatic rings. The summed E-state index contributed by atoms with van der Waals surface area (Å²) in [7, 11) is 0. The van der Waals surface area contributed by atoms with Gasteiger partial charge >= 0.3 is 0 Å². The fourth-order valence-electron chi connectivity index (χ4n) is 5.02. The molecule has 4 rings (SSSR count). The standard InChI is InChI=1S/C19H24FN3O2/c1-10-15(16(21)23-25-10)11-8-12-14(9-13(11)20)22-17(2,3)19(24)7-5-6-18(12,19)4/h8-9,22,24H,5-7H2,1-4H3,(H2,21,23). The van der Waals surface area contributed by atoms with Crippen molar-refractivity contribution >= 4 is 11.5 Å². The highest BCUT2D eigenvalue weighted by atomic mass is 19.1. The SMILES string of the molecule is Cc1onc(N)c1-c1cc2c(cc1F)NC(C)(C)C1(O)CCCC21C. The van der Waals surface area contributed by atoms with Crippen molar-refractivity contribution in [2.24, 2.45) is 0 Å². The summed E-state index contributed by atoms with van der Waals surface area (Å²) in [5, 5.41) is 18.6. The van der Waals surface area contributed by atoms with E-state index < -0.39 is 16.6 Å². The van der Waals surface area contributed by atoms with Gasteiger partial charge in [0.2, 0.25) is 0 Å². The number of rotatable bonds is 1. The molecule has 2 atom stereocenters. The fraction of sp³-hybridized carbons (Fsp3) is 0.526. The second-order valence-electron chi connectivity index (χ2n) is 8.17. The number of aromatic nitrogens is 1. The predicted octanol–water partition coefficient (Wildman–Crippen LogP) is 3.75. The van der Waals surface area contributed by atoms with Crippen molar-refractivity contribution < 1.29 is 14.0 Å². The minimum absolute atomic E-state index is 0.173. The molecule has 2 aromatic rings. The van der Waals surface area contributed by atoms with Crippen LogP contribution in [0.1, 0.15) is 51.4 Å². The van der Waals surface area contributed by atoms with Crippen LogP contribution in [0.4, 0.5) is 15.9 Å². The van der Waals surface area contributed by atoms with Gasteiger partial charge in [0, 0.05) is 16.7 Å². The maximum Gasteiger partial charge on any atom is 0.175 e. The number of anilines is 2. The first-order valence-corrected chi connectivity index (χ1v) is 8.67. The molecule has 0 spiro atoms. The Morgan fingerprint density at radius 1 is 1.28 bits per heavy atom. The molecule has 1 aromatic heterocycles. The largest absolute Gasteiger partial charge is 0.387 e. The van der Waals surface area contributed by atoms with Crippen LogP contribution in [0, 0.1) is 12.7 Å². The number of aryl methyl sites for hydroxylation is 1. The number of nitrogen functional groups attached to an aromatic ring is 1. The van der Waals surface area contributed by atoms with Gasteiger partial charge in [-0.25, -0.2) is 4.39 Å². The van der Waals surface area contributed by atoms with Crippen LogP contribution in [0.25, 0.3) is 11.1 Å². The number of halogens is 1. The molecule has 5 nitrogen and oxygen atoms in total. The maximum atomic E-state index is 14.9. The summed E-state index contributed by atoms with van der Waals surface area (Å²) in [6.45, 7) is 7.75. The number of hydrogen-bond donors (Lipinski definition) is 3. The summed E-state index contributed by atoms with van der Waals surface area (Å²) in [6.07, 6.45) is 2.49. The molecule has 6 heteroatoms. The average molecular weight is 345 g/mol. The highest BCUT2D eigenvalue weighted by Gasteiger charge is 2.62. The van der Waals surface area contributed by atoms with Crippen molar-refractivity contribution in [3.05, 3.63) is 29.3 Å². The molecule has 0 radical (unpaired) electrons. The van der Waals surface area contributed by atoms with Crippen LogP contribution >= 0.6 is 0 Å². The van der Waals surface area contributed by atoms with Crippen molar-refractivity contribution in [1.82, 2.24) is 5.16 Å². The van der Waals surface area contributed by atoms with Gasteiger partial charge in [-0.15, -0.1) is 0 Å². The molecule has 1 saturated carbocycles. The van der Waals surface area contributed by atoms with E-state index >= 15 is 0 Å². The highest BCUT2D eigenvalue weighted by molar-refractivity contribution is 5.79. The lowest BCUT2D eigenvalue weighted by molar-refractivity contribution is -0.0628. The molecule has 4 N–H and O–H groups in total. The maximum absolute atomic E-state index is 14.9. The van der Waals surface area contributed by atoms with E-state index in [1.807, 2.05) is 13.8 Å². The van der Waals surface area contributed by atoms with Crippen LogP contribution in [0.3, 0.4) is 0 Å². The van der Waals surface area contributed by atoms with Crippen molar-refractivity contribution in [3.8, 4) is 11.1 Å². The Balaban J connectivity index is 1.99. The zero-order valence-electron chi connectivity index (χ0n) is 15.0. The molecule has 1 aliphatic carbocycles. The third-order valence-corrected chi connectivity index (χ3v) is 6.47. The van der Waals surface area contributed by atoms with E-state index in [1.165, 1.54) is 6.07 Å². The first-order valence-electron chi connectivity index (χ1n) is 8.67. The van der Waals surface area contributed by atoms with Crippen molar-refractivity contribution in [1.29, 1.82) is 0 Å². The Kier molecular flexibility index (Phi) is 3.12. The van der Waals surface area contributed by atoms with E-state index in [2.05, 4.69) is 17.4 Å². The van der Waals surface area contributed by atoms with Gasteiger partial charge in [0.25, 0.3) is 0 Å². The van der Waals surface area contributed by atoms with Gasteiger partial charge < -0.3 is 20.7 Å². The van der Waals surface area contributed by atoms with E-state index in [0.29, 0.717) is 23.3 Å². The first-order chi connectivity index (χ1) is 11.6. The van der Waals surface area contributed by atoms with Crippen LogP contribution in [-0.2, 0) is 5.41 Å². The third-order valence-electron chi connectivity index (χ3n) is 6.47. The van der Waals surface area contributed by atoms with Crippen LogP contribution in [0.5, 0.6) is 0 Å². The molecule has 1 aromatic carbocycles. The molecule has 2 unspecified atom stereocenters. The second-order valence-corrected chi connectivity index (χ2v) is 8.17. The van der Waals surface area contributed by atoms with Crippen LogP contribution in [-0.4, -0.2) is 21.4 Å². The molecular weight excluding hydrogens is 321 g/mol. The van der Waals surface area contributed by atoms with E-state index in [1.54, 1.807) is 13.0 Å². The number of nitrogens with zero attached hydrogens (tertiary/aromatic N) is 1. The quantitative estimate of drug-likeness (QED) is 0.733. The monoisotopic (exact) mass is 345 g/mol. The van der Waals surface area contributed by atoms with Gasteiger partial charge in [0.15, 0.2) is 5.82 Å². The Morgan fingerprint density at radius 3 is 2.64 bits per heavy atom. The topological polar surface area (TPSA) is 84.3 Å². The number of nitrogens with two attached hydrogens (primary N) is 1. The summed E-state index contributed by atoms with van der Waals surface area (Å²) in [5.74, 6) is 0.270. The molecule has 0 saturated heterocycles. The van der Waals surface area contributed by atoms with Crippen LogP contribution < -0.4 is 11.1 Å². The Bertz CT molecular complexity index is 856. The zero-order chi connectivity index (χ0) is 18.2. The lowest BCUT2D eigenvalue weighted by Gasteiger charge is -2.55. The van der Waals surface area contributed by atoms with Crippen molar-refractivity contribution in [2.45, 2.75) is 63.5 Å². The number of hydrogen-bond acceptors (Lipinski definition) is 5. The summed E-state index contributed by atoms with van der Waals surface area (Å²) in [4.78, 5) is 0. The highest BCUT2D eigenvalue weighted by Crippen LogP contribution is 2.59. The molecule has 2 heterocycles. The van der Waals surface area contributed by atoms with Gasteiger partial charge in [-0.3, -0.25) is 0 Å². The smallest absolute Gasteiger partial charge is 0.175 e. The zero-order valence-corrected chi connectivity index (χ0v) is 15.0. The summed E-state index contributed by atoms with van der Waals surface area (Å²) in [5.41, 5.74) is 6.47. The number of aliphatic hydroxyl groups is 1. The minimum Gasteiger partial charge on any atom is -0.387 e. The average Bonchev–Trinajstić information content (AvgIpc) is 3.01. The Morgan fingerprint density at radius 2 is 2.00 bits per heavy atom. The first kappa shape index (κ1) is 16.4. The predicted molar refractivity (Wildman–Crippen MR) is 94.9 cm³/mol. The van der Waals surface area contributed by atoms with E-state index in [4.69, 9.17) is 10.3 Å². The Labute approximate surface area is 146 Å². The Hall–Kier alpha value is -2.08. The minimum atomic E-state index is -0.905. The van der Waals surface area contributed by atoms with E-state index in [0.717, 1.165) is 24.1 Å². The normalized spacial score (nSPS) is 29.8. The van der Waals surface area contributed by atoms with Crippen LogP contribution in [0.15, 0.2) is 16.7 Å². The van der Waals surface area contributed by atoms with E-state index in [9.17, 15) is 9.50 Å². The number of nitrogens with one attached hydrogen (secondary N) is 1. The second kappa shape index (κ2) is 4.75. The van der Waals surface area contributed by atoms with Gasteiger partial charge in [-0.05, 0) is 57.7 Å². The molecular formula is C19H24FN3O2. The molecule has 1 aliphatic heterocycles. The summed E-state index contributed by atoms with van der Waals surface area (Å²) in [6, 6.07) is 3.31. The molecule has 25 heavy (non-hydrogen) atoms. The van der Waals surface area contributed by atoms with Crippen LogP contribution in [0.2, 0.25) is 0 Å². The van der Waals surface area contributed by atoms with Gasteiger partial charge in [-0.1, -0.05) is 12.1 Å². The lowest BCUT2D eigenvalue weighted by Crippen LogP contribution is -2.65.